The van der Waals surface area contributed by atoms with E-state index in [4.69, 9.17) is 13.9 Å². The highest BCUT2D eigenvalue weighted by molar-refractivity contribution is 5.91. The summed E-state index contributed by atoms with van der Waals surface area (Å²) < 4.78 is 18.0. The molecule has 0 saturated carbocycles. The smallest absolute Gasteiger partial charge is 0.419 e. The van der Waals surface area contributed by atoms with Gasteiger partial charge in [-0.05, 0) is 120 Å². The molecule has 1 N–H and O–H groups in total. The van der Waals surface area contributed by atoms with E-state index < -0.39 is 18.0 Å². The third kappa shape index (κ3) is 12.6. The van der Waals surface area contributed by atoms with E-state index in [9.17, 15) is 24.0 Å². The first-order valence-corrected chi connectivity index (χ1v) is 21.8. The number of likely N-dealkylation sites (N-methyl/N-ethyl adjacent to an activating group) is 1. The van der Waals surface area contributed by atoms with Crippen LogP contribution in [0.2, 0.25) is 0 Å². The largest absolute Gasteiger partial charge is 0.463 e. The van der Waals surface area contributed by atoms with E-state index >= 15 is 0 Å². The standard InChI is InChI=1S/C33H41N5O6.C12H24N2O2.CH4/c1-21-8-13-36(14-9-21)30(39)28(20-23-18-22(2)29-27(19-23)43-32(41)35(29)3)44-33(42)37-15-11-25(12-16-37)38-17-10-24-6-4-5-7-26(24)34-31(38)40;1-11-4-6-14(7-5-11)10-12(15)16-9-8-13(2)3;/h4-7,18-19,21,25,28H,8-17,20H2,1-3H3,(H,34,40);11H,4-10H2,1-3H3;1H4/t28-;;/m1../s1. The predicted molar refractivity (Wildman–Crippen MR) is 237 cm³/mol. The number of likely N-dealkylation sites (tertiary alicyclic amines) is 3. The molecule has 1 aromatic heterocycles. The summed E-state index contributed by atoms with van der Waals surface area (Å²) in [6.07, 6.45) is 4.90. The van der Waals surface area contributed by atoms with Crippen molar-refractivity contribution in [2.45, 2.75) is 91.7 Å². The van der Waals surface area contributed by atoms with Crippen LogP contribution >= 0.6 is 0 Å². The molecule has 1 atom stereocenters. The lowest BCUT2D eigenvalue weighted by atomic mass is 9.98. The zero-order valence-corrected chi connectivity index (χ0v) is 36.5. The third-order valence-electron chi connectivity index (χ3n) is 12.5. The minimum absolute atomic E-state index is 0. The average molecular weight is 848 g/mol. The molecule has 7 rings (SSSR count). The van der Waals surface area contributed by atoms with E-state index in [0.717, 1.165) is 67.2 Å². The molecule has 0 spiro atoms. The summed E-state index contributed by atoms with van der Waals surface area (Å²) in [5.41, 5.74) is 4.72. The van der Waals surface area contributed by atoms with Gasteiger partial charge < -0.3 is 38.8 Å². The third-order valence-corrected chi connectivity index (χ3v) is 12.5. The Kier molecular flexibility index (Phi) is 16.8. The zero-order valence-electron chi connectivity index (χ0n) is 36.5. The molecular formula is C46H69N7O8. The van der Waals surface area contributed by atoms with Crippen LogP contribution in [-0.4, -0.2) is 145 Å². The van der Waals surface area contributed by atoms with Crippen LogP contribution in [0.5, 0.6) is 0 Å². The molecule has 0 radical (unpaired) electrons. The number of ether oxygens (including phenoxy) is 2. The lowest BCUT2D eigenvalue weighted by Gasteiger charge is -2.38. The maximum Gasteiger partial charge on any atom is 0.419 e. The van der Waals surface area contributed by atoms with Crippen molar-refractivity contribution in [3.8, 4) is 0 Å². The summed E-state index contributed by atoms with van der Waals surface area (Å²) in [5.74, 6) is 0.616. The Morgan fingerprint density at radius 1 is 0.885 bits per heavy atom. The summed E-state index contributed by atoms with van der Waals surface area (Å²) in [4.78, 5) is 73.4. The Bertz CT molecular complexity index is 2010. The Morgan fingerprint density at radius 3 is 2.20 bits per heavy atom. The Balaban J connectivity index is 0.000000351. The molecule has 3 aromatic rings. The van der Waals surface area contributed by atoms with Crippen LogP contribution < -0.4 is 11.1 Å². The quantitative estimate of drug-likeness (QED) is 0.250. The highest BCUT2D eigenvalue weighted by atomic mass is 16.6. The normalized spacial score (nSPS) is 18.7. The molecular weight excluding hydrogens is 779 g/mol. The fourth-order valence-electron chi connectivity index (χ4n) is 8.61. The first kappa shape index (κ1) is 47.2. The maximum absolute atomic E-state index is 13.8. The summed E-state index contributed by atoms with van der Waals surface area (Å²) in [6, 6.07) is 11.4. The number of esters is 1. The van der Waals surface area contributed by atoms with Gasteiger partial charge in [0.2, 0.25) is 0 Å². The molecule has 336 valence electrons. The second-order valence-corrected chi connectivity index (χ2v) is 17.5. The SMILES string of the molecule is C.CC1CCN(CC(=O)OCCN(C)C)CC1.Cc1cc(C[C@@H](OC(=O)N2CCC(N3CCc4ccccc4NC3=O)CC2)C(=O)N2CCC(C)CC2)cc2oc(=O)n(C)c12. The van der Waals surface area contributed by atoms with E-state index in [-0.39, 0.29) is 37.8 Å². The molecule has 5 heterocycles. The fraction of sp³-hybridized carbons (Fsp3) is 0.630. The van der Waals surface area contributed by atoms with Gasteiger partial charge in [0.25, 0.3) is 5.91 Å². The van der Waals surface area contributed by atoms with E-state index in [1.54, 1.807) is 22.9 Å². The number of carbonyl (C=O) groups excluding carboxylic acids is 4. The monoisotopic (exact) mass is 848 g/mol. The van der Waals surface area contributed by atoms with Crippen molar-refractivity contribution in [1.82, 2.24) is 29.1 Å². The molecule has 61 heavy (non-hydrogen) atoms. The number of fused-ring (bicyclic) bond motifs is 2. The summed E-state index contributed by atoms with van der Waals surface area (Å²) in [7, 11) is 5.60. The number of aromatic nitrogens is 1. The molecule has 2 aromatic carbocycles. The molecule has 0 aliphatic carbocycles. The number of urea groups is 1. The lowest BCUT2D eigenvalue weighted by Crippen LogP contribution is -2.51. The molecule has 15 heteroatoms. The van der Waals surface area contributed by atoms with Crippen molar-refractivity contribution < 1.29 is 33.1 Å². The number of oxazole rings is 1. The van der Waals surface area contributed by atoms with Crippen LogP contribution in [0.25, 0.3) is 11.1 Å². The average Bonchev–Trinajstić information content (AvgIpc) is 3.40. The van der Waals surface area contributed by atoms with E-state index in [2.05, 4.69) is 24.1 Å². The lowest BCUT2D eigenvalue weighted by molar-refractivity contribution is -0.145. The number of hydrogen-bond donors (Lipinski definition) is 1. The van der Waals surface area contributed by atoms with Gasteiger partial charge in [-0.3, -0.25) is 19.1 Å². The number of aryl methyl sites for hydroxylation is 2. The molecule has 3 fully saturated rings. The van der Waals surface area contributed by atoms with Crippen molar-refractivity contribution in [1.29, 1.82) is 0 Å². The number of amides is 4. The molecule has 4 aliphatic rings. The fourth-order valence-corrected chi connectivity index (χ4v) is 8.61. The number of hydrogen-bond acceptors (Lipinski definition) is 10. The van der Waals surface area contributed by atoms with Gasteiger partial charge in [-0.15, -0.1) is 0 Å². The van der Waals surface area contributed by atoms with Crippen molar-refractivity contribution in [2.24, 2.45) is 18.9 Å². The second-order valence-electron chi connectivity index (χ2n) is 17.5. The summed E-state index contributed by atoms with van der Waals surface area (Å²) in [6.45, 7) is 12.9. The van der Waals surface area contributed by atoms with E-state index in [1.165, 1.54) is 17.4 Å². The predicted octanol–water partition coefficient (Wildman–Crippen LogP) is 5.76. The molecule has 3 saturated heterocycles. The van der Waals surface area contributed by atoms with Crippen LogP contribution in [0.15, 0.2) is 45.6 Å². The number of nitrogens with zero attached hydrogens (tertiary/aromatic N) is 6. The minimum atomic E-state index is -1.00. The van der Waals surface area contributed by atoms with Gasteiger partial charge in [0, 0.05) is 64.5 Å². The molecule has 15 nitrogen and oxygen atoms in total. The van der Waals surface area contributed by atoms with E-state index in [1.807, 2.05) is 61.2 Å². The van der Waals surface area contributed by atoms with E-state index in [0.29, 0.717) is 75.7 Å². The number of nitrogens with one attached hydrogen (secondary N) is 1. The first-order chi connectivity index (χ1) is 28.7. The number of rotatable bonds is 10. The van der Waals surface area contributed by atoms with Crippen molar-refractivity contribution in [2.75, 3.05) is 84.9 Å². The summed E-state index contributed by atoms with van der Waals surface area (Å²) >= 11 is 0. The highest BCUT2D eigenvalue weighted by Gasteiger charge is 2.35. The number of para-hydroxylation sites is 1. The molecule has 4 aliphatic heterocycles. The maximum atomic E-state index is 13.8. The van der Waals surface area contributed by atoms with Gasteiger partial charge in [0.05, 0.1) is 12.1 Å². The van der Waals surface area contributed by atoms with Crippen LogP contribution in [0.1, 0.15) is 76.5 Å². The minimum Gasteiger partial charge on any atom is -0.463 e. The molecule has 0 bridgehead atoms. The van der Waals surface area contributed by atoms with Gasteiger partial charge in [-0.1, -0.05) is 45.5 Å². The summed E-state index contributed by atoms with van der Waals surface area (Å²) in [5, 5.41) is 3.03. The number of anilines is 1. The van der Waals surface area contributed by atoms with Gasteiger partial charge in [-0.25, -0.2) is 14.4 Å². The second kappa shape index (κ2) is 21.8. The number of benzene rings is 2. The van der Waals surface area contributed by atoms with Crippen molar-refractivity contribution in [3.63, 3.8) is 0 Å². The van der Waals surface area contributed by atoms with Gasteiger partial charge >= 0.3 is 23.8 Å². The van der Waals surface area contributed by atoms with Crippen molar-refractivity contribution >= 4 is 40.8 Å². The van der Waals surface area contributed by atoms with Crippen molar-refractivity contribution in [3.05, 3.63) is 63.6 Å². The van der Waals surface area contributed by atoms with Gasteiger partial charge in [0.15, 0.2) is 11.7 Å². The van der Waals surface area contributed by atoms with Crippen LogP contribution in [-0.2, 0) is 39.0 Å². The van der Waals surface area contributed by atoms with Gasteiger partial charge in [0.1, 0.15) is 6.61 Å². The Labute approximate surface area is 361 Å². The van der Waals surface area contributed by atoms with Crippen LogP contribution in [0.4, 0.5) is 15.3 Å². The first-order valence-electron chi connectivity index (χ1n) is 21.8. The topological polar surface area (TPSA) is 150 Å². The van der Waals surface area contributed by atoms with Crippen LogP contribution in [0, 0.1) is 18.8 Å². The highest BCUT2D eigenvalue weighted by Crippen LogP contribution is 2.27. The number of piperidine rings is 3. The molecule has 4 amide bonds. The van der Waals surface area contributed by atoms with Gasteiger partial charge in [-0.2, -0.15) is 0 Å². The number of carbonyl (C=O) groups is 4. The zero-order chi connectivity index (χ0) is 42.9. The Morgan fingerprint density at radius 2 is 1.52 bits per heavy atom. The Hall–Kier alpha value is -4.89. The van der Waals surface area contributed by atoms with Crippen LogP contribution in [0.3, 0.4) is 0 Å². The molecule has 0 unspecified atom stereocenters.